The average molecular weight is 244 g/mol. The maximum atomic E-state index is 13.4. The van der Waals surface area contributed by atoms with Crippen LogP contribution in [-0.4, -0.2) is 9.38 Å². The molecule has 0 aromatic carbocycles. The second-order valence-electron chi connectivity index (χ2n) is 5.96. The molecule has 2 aliphatic carbocycles. The van der Waals surface area contributed by atoms with Crippen LogP contribution in [0.5, 0.6) is 0 Å². The average Bonchev–Trinajstić information content (AvgIpc) is 2.95. The monoisotopic (exact) mass is 244 g/mol. The highest BCUT2D eigenvalue weighted by Gasteiger charge is 2.38. The van der Waals surface area contributed by atoms with Crippen LogP contribution >= 0.6 is 0 Å². The number of nitrogens with zero attached hydrogens (tertiary/aromatic N) is 2. The van der Waals surface area contributed by atoms with Crippen molar-refractivity contribution in [2.45, 2.75) is 44.9 Å². The van der Waals surface area contributed by atoms with Crippen molar-refractivity contribution in [1.82, 2.24) is 9.38 Å². The van der Waals surface area contributed by atoms with Gasteiger partial charge < -0.3 is 4.40 Å². The first-order valence-corrected chi connectivity index (χ1v) is 6.91. The van der Waals surface area contributed by atoms with Gasteiger partial charge in [-0.15, -0.1) is 0 Å². The molecule has 2 aliphatic rings. The van der Waals surface area contributed by atoms with Crippen LogP contribution in [0.2, 0.25) is 0 Å². The lowest BCUT2D eigenvalue weighted by atomic mass is 9.73. The number of halogens is 1. The first kappa shape index (κ1) is 10.5. The maximum absolute atomic E-state index is 13.4. The van der Waals surface area contributed by atoms with Crippen LogP contribution in [0, 0.1) is 11.2 Å². The van der Waals surface area contributed by atoms with Gasteiger partial charge in [-0.25, -0.2) is 9.37 Å². The van der Waals surface area contributed by atoms with Crippen LogP contribution in [-0.2, 0) is 12.8 Å². The van der Waals surface area contributed by atoms with Gasteiger partial charge in [-0.3, -0.25) is 0 Å². The zero-order valence-corrected chi connectivity index (χ0v) is 10.5. The highest BCUT2D eigenvalue weighted by Crippen LogP contribution is 2.47. The molecule has 2 aromatic heterocycles. The lowest BCUT2D eigenvalue weighted by Gasteiger charge is -2.32. The molecule has 1 saturated carbocycles. The van der Waals surface area contributed by atoms with E-state index in [0.29, 0.717) is 5.41 Å². The van der Waals surface area contributed by atoms with E-state index in [-0.39, 0.29) is 5.82 Å². The van der Waals surface area contributed by atoms with Gasteiger partial charge in [0.15, 0.2) is 0 Å². The van der Waals surface area contributed by atoms with Crippen molar-refractivity contribution in [2.75, 3.05) is 0 Å². The Labute approximate surface area is 106 Å². The van der Waals surface area contributed by atoms with Gasteiger partial charge in [0.2, 0.25) is 0 Å². The SMILES string of the molecule is Fc1ccc2nc3c(n2c1)CC1(CCCC1)CC3. The molecule has 3 heteroatoms. The summed E-state index contributed by atoms with van der Waals surface area (Å²) < 4.78 is 15.4. The number of hydrogen-bond acceptors (Lipinski definition) is 1. The molecular formula is C15H17FN2. The number of hydrogen-bond donors (Lipinski definition) is 0. The summed E-state index contributed by atoms with van der Waals surface area (Å²) in [5.74, 6) is -0.172. The van der Waals surface area contributed by atoms with Crippen molar-refractivity contribution in [2.24, 2.45) is 5.41 Å². The van der Waals surface area contributed by atoms with Crippen LogP contribution in [0.1, 0.15) is 43.5 Å². The molecule has 1 fully saturated rings. The molecule has 18 heavy (non-hydrogen) atoms. The summed E-state index contributed by atoms with van der Waals surface area (Å²) in [5.41, 5.74) is 3.85. The molecule has 0 amide bonds. The standard InChI is InChI=1S/C15H17FN2/c16-11-3-4-14-17-12-5-8-15(6-1-2-7-15)9-13(12)18(14)10-11/h3-4,10H,1-2,5-9H2. The summed E-state index contributed by atoms with van der Waals surface area (Å²) in [5, 5.41) is 0. The van der Waals surface area contributed by atoms with Crippen LogP contribution in [0.4, 0.5) is 4.39 Å². The highest BCUT2D eigenvalue weighted by atomic mass is 19.1. The summed E-state index contributed by atoms with van der Waals surface area (Å²) >= 11 is 0. The third-order valence-corrected chi connectivity index (χ3v) is 4.86. The molecule has 0 saturated heterocycles. The molecule has 4 rings (SSSR count). The van der Waals surface area contributed by atoms with Gasteiger partial charge in [0, 0.05) is 11.9 Å². The Kier molecular flexibility index (Phi) is 2.08. The van der Waals surface area contributed by atoms with E-state index in [0.717, 1.165) is 18.5 Å². The highest BCUT2D eigenvalue weighted by molar-refractivity contribution is 5.44. The molecule has 0 bridgehead atoms. The molecule has 2 nitrogen and oxygen atoms in total. The lowest BCUT2D eigenvalue weighted by Crippen LogP contribution is -2.26. The lowest BCUT2D eigenvalue weighted by molar-refractivity contribution is 0.250. The summed E-state index contributed by atoms with van der Waals surface area (Å²) in [6, 6.07) is 3.29. The van der Waals surface area contributed by atoms with Crippen molar-refractivity contribution >= 4 is 5.65 Å². The van der Waals surface area contributed by atoms with E-state index in [9.17, 15) is 4.39 Å². The Balaban J connectivity index is 1.86. The largest absolute Gasteiger partial charge is 0.301 e. The summed E-state index contributed by atoms with van der Waals surface area (Å²) in [7, 11) is 0. The minimum absolute atomic E-state index is 0.172. The Bertz CT molecular complexity index is 608. The van der Waals surface area contributed by atoms with Crippen molar-refractivity contribution in [3.63, 3.8) is 0 Å². The predicted molar refractivity (Wildman–Crippen MR) is 68.1 cm³/mol. The second kappa shape index (κ2) is 3.56. The predicted octanol–water partition coefficient (Wildman–Crippen LogP) is 3.52. The van der Waals surface area contributed by atoms with Crippen molar-refractivity contribution in [3.05, 3.63) is 35.5 Å². The third kappa shape index (κ3) is 1.43. The van der Waals surface area contributed by atoms with Crippen molar-refractivity contribution < 1.29 is 4.39 Å². The molecule has 0 radical (unpaired) electrons. The van der Waals surface area contributed by atoms with E-state index >= 15 is 0 Å². The molecule has 2 heterocycles. The zero-order chi connectivity index (χ0) is 12.2. The maximum Gasteiger partial charge on any atom is 0.139 e. The van der Waals surface area contributed by atoms with E-state index in [4.69, 9.17) is 0 Å². The van der Waals surface area contributed by atoms with Gasteiger partial charge >= 0.3 is 0 Å². The topological polar surface area (TPSA) is 17.3 Å². The number of rotatable bonds is 0. The van der Waals surface area contributed by atoms with Crippen molar-refractivity contribution in [3.8, 4) is 0 Å². The van der Waals surface area contributed by atoms with Gasteiger partial charge in [-0.1, -0.05) is 12.8 Å². The van der Waals surface area contributed by atoms with Crippen LogP contribution in [0.25, 0.3) is 5.65 Å². The molecule has 0 atom stereocenters. The number of pyridine rings is 1. The van der Waals surface area contributed by atoms with Crippen LogP contribution in [0.15, 0.2) is 18.3 Å². The molecule has 0 N–H and O–H groups in total. The normalized spacial score (nSPS) is 21.6. The first-order chi connectivity index (χ1) is 8.76. The zero-order valence-electron chi connectivity index (χ0n) is 10.5. The van der Waals surface area contributed by atoms with Gasteiger partial charge in [0.1, 0.15) is 11.5 Å². The summed E-state index contributed by atoms with van der Waals surface area (Å²) in [6.07, 6.45) is 10.4. The molecule has 0 aliphatic heterocycles. The van der Waals surface area contributed by atoms with E-state index in [1.165, 1.54) is 49.6 Å². The molecule has 0 unspecified atom stereocenters. The van der Waals surface area contributed by atoms with Gasteiger partial charge in [0.05, 0.1) is 5.69 Å². The Morgan fingerprint density at radius 3 is 2.83 bits per heavy atom. The molecule has 1 spiro atoms. The molecule has 94 valence electrons. The fourth-order valence-electron chi connectivity index (χ4n) is 3.88. The molecular weight excluding hydrogens is 227 g/mol. The fraction of sp³-hybridized carbons (Fsp3) is 0.533. The first-order valence-electron chi connectivity index (χ1n) is 6.91. The number of imidazole rings is 1. The van der Waals surface area contributed by atoms with E-state index in [1.807, 2.05) is 4.40 Å². The van der Waals surface area contributed by atoms with Gasteiger partial charge in [0.25, 0.3) is 0 Å². The number of fused-ring (bicyclic) bond motifs is 3. The quantitative estimate of drug-likeness (QED) is 0.693. The smallest absolute Gasteiger partial charge is 0.139 e. The molecule has 2 aromatic rings. The minimum Gasteiger partial charge on any atom is -0.301 e. The fourth-order valence-corrected chi connectivity index (χ4v) is 3.88. The minimum atomic E-state index is -0.172. The van der Waals surface area contributed by atoms with Crippen LogP contribution < -0.4 is 0 Å². The Hall–Kier alpha value is -1.38. The Morgan fingerprint density at radius 1 is 1.17 bits per heavy atom. The van der Waals surface area contributed by atoms with Gasteiger partial charge in [-0.2, -0.15) is 0 Å². The van der Waals surface area contributed by atoms with Crippen LogP contribution in [0.3, 0.4) is 0 Å². The second-order valence-corrected chi connectivity index (χ2v) is 5.96. The van der Waals surface area contributed by atoms with E-state index < -0.39 is 0 Å². The third-order valence-electron chi connectivity index (χ3n) is 4.86. The Morgan fingerprint density at radius 2 is 2.00 bits per heavy atom. The van der Waals surface area contributed by atoms with E-state index in [1.54, 1.807) is 12.3 Å². The summed E-state index contributed by atoms with van der Waals surface area (Å²) in [6.45, 7) is 0. The summed E-state index contributed by atoms with van der Waals surface area (Å²) in [4.78, 5) is 4.65. The number of aromatic nitrogens is 2. The van der Waals surface area contributed by atoms with E-state index in [2.05, 4.69) is 4.98 Å². The number of aryl methyl sites for hydroxylation is 1. The van der Waals surface area contributed by atoms with Gasteiger partial charge in [-0.05, 0) is 49.7 Å². The van der Waals surface area contributed by atoms with Crippen molar-refractivity contribution in [1.29, 1.82) is 0 Å².